The molecule has 91 heavy (non-hydrogen) atoms. The van der Waals surface area contributed by atoms with Crippen molar-refractivity contribution < 1.29 is 131 Å². The number of unbranched alkanes of at least 4 members (excludes halogenated alkanes) is 3. The first-order valence-corrected chi connectivity index (χ1v) is 30.8. The molecule has 494 valence electrons. The summed E-state index contributed by atoms with van der Waals surface area (Å²) in [6.07, 6.45) is -12.2. The van der Waals surface area contributed by atoms with Crippen molar-refractivity contribution in [2.45, 2.75) is 145 Å². The number of phenolic OH excluding ortho intramolecular Hbond substituents is 1. The molecule has 4 aliphatic rings. The predicted octanol–water partition coefficient (Wildman–Crippen LogP) is -7.16. The molecule has 3 aromatic carbocycles. The Morgan fingerprint density at radius 2 is 1.34 bits per heavy atom. The molecule has 4 heterocycles. The van der Waals surface area contributed by atoms with E-state index in [-0.39, 0.29) is 35.1 Å². The molecule has 8 amide bonds. The van der Waals surface area contributed by atoms with E-state index in [9.17, 15) is 92.2 Å². The van der Waals surface area contributed by atoms with Crippen LogP contribution in [0.15, 0.2) is 66.7 Å². The van der Waals surface area contributed by atoms with Crippen LogP contribution in [0.25, 0.3) is 0 Å². The van der Waals surface area contributed by atoms with E-state index in [2.05, 4.69) is 47.5 Å². The Hall–Kier alpha value is -6.95. The number of rotatable bonds is 19. The van der Waals surface area contributed by atoms with Crippen LogP contribution in [-0.2, 0) is 44.0 Å². The quantitative estimate of drug-likeness (QED) is 0.0229. The molecule has 7 rings (SSSR count). The minimum absolute atomic E-state index is 0. The van der Waals surface area contributed by atoms with Crippen molar-refractivity contribution in [1.82, 2.24) is 36.4 Å². The van der Waals surface area contributed by atoms with E-state index in [1.807, 2.05) is 24.3 Å². The number of fused-ring (bicyclic) bond motifs is 2. The van der Waals surface area contributed by atoms with Crippen LogP contribution in [0.3, 0.4) is 0 Å². The average Bonchev–Trinajstić information content (AvgIpc) is 1.87. The first kappa shape index (κ1) is 73.1. The molecule has 0 aliphatic carbocycles. The standard InChI is InChI=1S/C58H80N10O21S.Na/c1-4-5-6-7-22-88-38-15-13-35(14-16-38)66-20-18-65(19-21-66)34-11-8-32(9-12-34)52(78)61-39-24-36(70)27-60-56(82)48-49(75)30(2)28-68(48)58(84)46(42(73)26-44(59)74)63-55(81)47(51(77)50(76)33-10-17-41(72)43(23-33)89-90(85,86)87)64-54(80)40-25-37(71)29-67(40)57(83)45(31(3)69)62-53(39)79;/h8-17,23,30-31,36-37,39-40,42,45-51,69-73,75-77H,4-7,18-22,24-29H2,1-3H3,(H2,59,74)(H,60,82)(H,61,78)(H,62,79)(H,63,81)(H,64,80)(H,85,86,87);/q;+1/p-1/t30-,31+,36+,37+,39-,40?,42+,45?,46?,47?,48?,49-,50-,51-;/m0./s1. The van der Waals surface area contributed by atoms with Gasteiger partial charge in [-0.1, -0.05) is 39.2 Å². The van der Waals surface area contributed by atoms with Crippen LogP contribution in [0, 0.1) is 5.92 Å². The summed E-state index contributed by atoms with van der Waals surface area (Å²) in [6, 6.07) is 4.01. The molecule has 0 spiro atoms. The molecular weight excluding hydrogens is 1230 g/mol. The number of carbonyl (C=O) groups excluding carboxylic acids is 8. The predicted molar refractivity (Wildman–Crippen MR) is 315 cm³/mol. The molecule has 0 aromatic heterocycles. The van der Waals surface area contributed by atoms with Gasteiger partial charge in [-0.05, 0) is 79.6 Å². The molecule has 0 radical (unpaired) electrons. The van der Waals surface area contributed by atoms with Crippen molar-refractivity contribution in [2.24, 2.45) is 11.7 Å². The minimum atomic E-state index is -5.58. The average molecular weight is 1310 g/mol. The Kier molecular flexibility index (Phi) is 26.2. The second-order valence-corrected chi connectivity index (χ2v) is 24.0. The van der Waals surface area contributed by atoms with Gasteiger partial charge in [0.15, 0.2) is 11.5 Å². The molecule has 33 heteroatoms. The summed E-state index contributed by atoms with van der Waals surface area (Å²) in [5.41, 5.74) is 6.63. The van der Waals surface area contributed by atoms with Crippen molar-refractivity contribution in [2.75, 3.05) is 62.2 Å². The third-order valence-electron chi connectivity index (χ3n) is 16.2. The maximum absolute atomic E-state index is 14.7. The molecule has 4 fully saturated rings. The van der Waals surface area contributed by atoms with Gasteiger partial charge >= 0.3 is 29.6 Å². The number of benzene rings is 3. The van der Waals surface area contributed by atoms with Crippen molar-refractivity contribution in [3.05, 3.63) is 77.9 Å². The first-order chi connectivity index (χ1) is 42.5. The summed E-state index contributed by atoms with van der Waals surface area (Å²) in [5.74, 6) is -12.3. The zero-order valence-corrected chi connectivity index (χ0v) is 53.5. The van der Waals surface area contributed by atoms with Gasteiger partial charge in [-0.3, -0.25) is 38.4 Å². The summed E-state index contributed by atoms with van der Waals surface area (Å²) < 4.78 is 44.5. The summed E-state index contributed by atoms with van der Waals surface area (Å²) >= 11 is 0. The maximum atomic E-state index is 14.7. The number of nitrogens with two attached hydrogens (primary N) is 1. The Morgan fingerprint density at radius 1 is 0.747 bits per heavy atom. The second-order valence-electron chi connectivity index (χ2n) is 23.0. The third-order valence-corrected chi connectivity index (χ3v) is 16.6. The van der Waals surface area contributed by atoms with E-state index < -0.39 is 199 Å². The number of hydrogen-bond acceptors (Lipinski definition) is 23. The number of phenols is 1. The van der Waals surface area contributed by atoms with Crippen molar-refractivity contribution in [3.63, 3.8) is 0 Å². The molecule has 4 aliphatic heterocycles. The fourth-order valence-corrected chi connectivity index (χ4v) is 11.6. The van der Waals surface area contributed by atoms with Crippen molar-refractivity contribution in [3.8, 4) is 17.2 Å². The van der Waals surface area contributed by atoms with Gasteiger partial charge in [0, 0.05) is 81.5 Å². The number of nitrogens with one attached hydrogen (secondary N) is 5. The van der Waals surface area contributed by atoms with Crippen molar-refractivity contribution in [1.29, 1.82) is 0 Å². The Morgan fingerprint density at radius 3 is 1.93 bits per heavy atom. The van der Waals surface area contributed by atoms with E-state index in [1.54, 1.807) is 12.1 Å². The molecule has 31 nitrogen and oxygen atoms in total. The van der Waals surface area contributed by atoms with Crippen LogP contribution >= 0.6 is 0 Å². The van der Waals surface area contributed by atoms with Gasteiger partial charge in [-0.2, -0.15) is 0 Å². The largest absolute Gasteiger partial charge is 1.00 e. The third kappa shape index (κ3) is 19.1. The van der Waals surface area contributed by atoms with Gasteiger partial charge < -0.3 is 106 Å². The number of aliphatic hydroxyl groups excluding tert-OH is 7. The molecule has 3 aromatic rings. The SMILES string of the molecule is CCCCCCOc1ccc(N2CCN(c3ccc(C(=O)N[C@H]4C[C@@H](O)CNC(=O)C5[C@@H](O)[C@@H](C)CN5C(=O)C([C@H](O)CC(N)=O)NC(=O)C([C@H](O)[C@@H](O)c5ccc(O)c(OS(=O)(=O)[O-])c5)NC(=O)C5C[C@@H](O)CN5C(=O)C([C@@H](C)O)NC4=O)cc3)CC2)cc1.[Na+]. The van der Waals surface area contributed by atoms with Gasteiger partial charge in [-0.25, -0.2) is 8.42 Å². The van der Waals surface area contributed by atoms with Gasteiger partial charge in [0.2, 0.25) is 41.4 Å². The molecule has 14 atom stereocenters. The van der Waals surface area contributed by atoms with E-state index in [0.29, 0.717) is 54.7 Å². The van der Waals surface area contributed by atoms with Gasteiger partial charge in [-0.15, -0.1) is 0 Å². The minimum Gasteiger partial charge on any atom is -0.716 e. The number of aromatic hydroxyl groups is 1. The first-order valence-electron chi connectivity index (χ1n) is 29.5. The molecular formula is C58H79N10NaO21S. The van der Waals surface area contributed by atoms with E-state index in [0.717, 1.165) is 55.8 Å². The number of piperazine rings is 1. The van der Waals surface area contributed by atoms with E-state index in [1.165, 1.54) is 19.1 Å². The monoisotopic (exact) mass is 1310 g/mol. The number of carbonyl (C=O) groups is 8. The summed E-state index contributed by atoms with van der Waals surface area (Å²) in [7, 11) is -5.58. The smallest absolute Gasteiger partial charge is 0.716 e. The summed E-state index contributed by atoms with van der Waals surface area (Å²) in [5, 5.41) is 101. The zero-order chi connectivity index (χ0) is 65.9. The van der Waals surface area contributed by atoms with Crippen LogP contribution in [-0.4, -0.2) is 236 Å². The molecule has 5 unspecified atom stereocenters. The number of hydrogen-bond donors (Lipinski definition) is 14. The van der Waals surface area contributed by atoms with Crippen LogP contribution < -0.4 is 80.6 Å². The molecule has 0 saturated carbocycles. The number of anilines is 2. The van der Waals surface area contributed by atoms with Crippen LogP contribution in [0.1, 0.15) is 87.7 Å². The number of amides is 8. The fourth-order valence-electron chi connectivity index (χ4n) is 11.2. The molecule has 15 N–H and O–H groups in total. The van der Waals surface area contributed by atoms with Crippen LogP contribution in [0.4, 0.5) is 11.4 Å². The second kappa shape index (κ2) is 32.6. The van der Waals surface area contributed by atoms with Crippen LogP contribution in [0.5, 0.6) is 17.2 Å². The number of aliphatic hydroxyl groups is 7. The Balaban J connectivity index is 0.0000132. The zero-order valence-electron chi connectivity index (χ0n) is 50.7. The van der Waals surface area contributed by atoms with Gasteiger partial charge in [0.1, 0.15) is 54.2 Å². The Labute approximate surface area is 546 Å². The number of primary amides is 1. The normalized spacial score (nSPS) is 26.2. The van der Waals surface area contributed by atoms with Gasteiger partial charge in [0.05, 0.1) is 43.5 Å². The summed E-state index contributed by atoms with van der Waals surface area (Å²) in [4.78, 5) is 119. The van der Waals surface area contributed by atoms with Crippen LogP contribution in [0.2, 0.25) is 0 Å². The van der Waals surface area contributed by atoms with Crippen molar-refractivity contribution >= 4 is 69.0 Å². The number of nitrogens with zero attached hydrogens (tertiary/aromatic N) is 4. The topological polar surface area (TPSA) is 473 Å². The Bertz CT molecular complexity index is 3160. The molecule has 0 bridgehead atoms. The maximum Gasteiger partial charge on any atom is 1.00 e. The van der Waals surface area contributed by atoms with Gasteiger partial charge in [0.25, 0.3) is 16.3 Å². The van der Waals surface area contributed by atoms with E-state index >= 15 is 0 Å². The fraction of sp³-hybridized carbons (Fsp3) is 0.552. The van der Waals surface area contributed by atoms with E-state index in [4.69, 9.17) is 10.5 Å². The summed E-state index contributed by atoms with van der Waals surface area (Å²) in [6.45, 7) is 6.02. The number of ether oxygens (including phenoxy) is 1. The molecule has 4 saturated heterocycles. The number of β-amino-alcohol motifs (C(OH)–C–C–N with tert-alkyl or cyclic N) is 1.